The fraction of sp³-hybridized carbons (Fsp3) is 0.0556. The van der Waals surface area contributed by atoms with E-state index in [4.69, 9.17) is 11.5 Å². The molecule has 0 bridgehead atoms. The molecular formula is C18H16N8O. The second kappa shape index (κ2) is 6.71. The molecule has 4 rings (SSSR count). The van der Waals surface area contributed by atoms with Crippen LogP contribution >= 0.6 is 0 Å². The highest BCUT2D eigenvalue weighted by molar-refractivity contribution is 5.73. The van der Waals surface area contributed by atoms with E-state index in [1.807, 2.05) is 36.4 Å². The third-order valence-electron chi connectivity index (χ3n) is 4.04. The number of H-pyrrole nitrogens is 2. The number of aromatic nitrogens is 4. The molecule has 0 amide bonds. The quantitative estimate of drug-likeness (QED) is 0.412. The maximum atomic E-state index is 12.2. The van der Waals surface area contributed by atoms with Gasteiger partial charge in [0.25, 0.3) is 5.56 Å². The van der Waals surface area contributed by atoms with Gasteiger partial charge in [-0.2, -0.15) is 10.2 Å². The monoisotopic (exact) mass is 360 g/mol. The molecule has 0 aliphatic heterocycles. The van der Waals surface area contributed by atoms with E-state index in [1.165, 1.54) is 0 Å². The maximum Gasteiger partial charge on any atom is 0.270 e. The summed E-state index contributed by atoms with van der Waals surface area (Å²) in [5, 5.41) is 14.4. The van der Waals surface area contributed by atoms with E-state index in [9.17, 15) is 4.79 Å². The minimum Gasteiger partial charge on any atom is -0.382 e. The van der Waals surface area contributed by atoms with Gasteiger partial charge in [0.05, 0.1) is 16.7 Å². The Morgan fingerprint density at radius 1 is 1.00 bits per heavy atom. The van der Waals surface area contributed by atoms with Crippen LogP contribution in [0, 0.1) is 0 Å². The summed E-state index contributed by atoms with van der Waals surface area (Å²) in [6.45, 7) is 0. The second-order valence-corrected chi connectivity index (χ2v) is 5.94. The second-order valence-electron chi connectivity index (χ2n) is 5.94. The molecule has 0 saturated carbocycles. The van der Waals surface area contributed by atoms with Gasteiger partial charge in [0.15, 0.2) is 11.5 Å². The lowest BCUT2D eigenvalue weighted by Gasteiger charge is -2.03. The number of aromatic amines is 2. The molecule has 0 aliphatic carbocycles. The standard InChI is InChI=1S/C18H16N8O/c19-16-15(17(20)26-25-16)24-23-11-7-5-10(6-8-11)9-14-18(27)22-13-4-2-1-3-12(13)21-14/h1-8H,9H2,(H,22,27)(H5,19,20,25,26)/b24-23+. The van der Waals surface area contributed by atoms with E-state index in [1.54, 1.807) is 12.1 Å². The van der Waals surface area contributed by atoms with E-state index in [-0.39, 0.29) is 17.2 Å². The van der Waals surface area contributed by atoms with E-state index in [0.29, 0.717) is 23.5 Å². The van der Waals surface area contributed by atoms with Gasteiger partial charge in [0.1, 0.15) is 11.5 Å². The van der Waals surface area contributed by atoms with E-state index in [2.05, 4.69) is 30.4 Å². The maximum absolute atomic E-state index is 12.2. The number of anilines is 2. The Morgan fingerprint density at radius 2 is 1.78 bits per heavy atom. The van der Waals surface area contributed by atoms with Gasteiger partial charge >= 0.3 is 0 Å². The van der Waals surface area contributed by atoms with Crippen LogP contribution in [0.25, 0.3) is 11.0 Å². The smallest absolute Gasteiger partial charge is 0.270 e. The Kier molecular flexibility index (Phi) is 4.09. The lowest BCUT2D eigenvalue weighted by atomic mass is 10.1. The van der Waals surface area contributed by atoms with E-state index >= 15 is 0 Å². The summed E-state index contributed by atoms with van der Waals surface area (Å²) >= 11 is 0. The Labute approximate surface area is 153 Å². The number of fused-ring (bicyclic) bond motifs is 1. The number of nitrogens with one attached hydrogen (secondary N) is 2. The van der Waals surface area contributed by atoms with Gasteiger partial charge in [-0.15, -0.1) is 5.11 Å². The van der Waals surface area contributed by atoms with Crippen molar-refractivity contribution in [3.8, 4) is 0 Å². The van der Waals surface area contributed by atoms with Crippen LogP contribution < -0.4 is 17.0 Å². The highest BCUT2D eigenvalue weighted by Gasteiger charge is 2.07. The summed E-state index contributed by atoms with van der Waals surface area (Å²) in [5.41, 5.74) is 14.9. The molecular weight excluding hydrogens is 344 g/mol. The van der Waals surface area contributed by atoms with Crippen LogP contribution in [0.2, 0.25) is 0 Å². The highest BCUT2D eigenvalue weighted by Crippen LogP contribution is 2.28. The molecule has 0 radical (unpaired) electrons. The average Bonchev–Trinajstić information content (AvgIpc) is 2.99. The van der Waals surface area contributed by atoms with Crippen LogP contribution in [0.4, 0.5) is 23.0 Å². The highest BCUT2D eigenvalue weighted by atomic mass is 16.1. The van der Waals surface area contributed by atoms with Crippen LogP contribution in [0.15, 0.2) is 63.6 Å². The number of benzene rings is 2. The Hall–Kier alpha value is -4.01. The molecule has 27 heavy (non-hydrogen) atoms. The first-order valence-corrected chi connectivity index (χ1v) is 8.18. The van der Waals surface area contributed by atoms with Gasteiger partial charge in [-0.25, -0.2) is 4.98 Å². The molecule has 0 unspecified atom stereocenters. The molecule has 0 fully saturated rings. The van der Waals surface area contributed by atoms with Crippen molar-refractivity contribution < 1.29 is 0 Å². The van der Waals surface area contributed by atoms with Crippen molar-refractivity contribution >= 4 is 34.0 Å². The number of rotatable bonds is 4. The molecule has 0 spiro atoms. The number of azo groups is 1. The van der Waals surface area contributed by atoms with Crippen LogP contribution in [0.1, 0.15) is 11.3 Å². The van der Waals surface area contributed by atoms with Crippen LogP contribution in [0.3, 0.4) is 0 Å². The largest absolute Gasteiger partial charge is 0.382 e. The zero-order valence-electron chi connectivity index (χ0n) is 14.2. The van der Waals surface area contributed by atoms with Crippen molar-refractivity contribution in [2.45, 2.75) is 6.42 Å². The lowest BCUT2D eigenvalue weighted by molar-refractivity contribution is 1.03. The van der Waals surface area contributed by atoms with Gasteiger partial charge in [-0.1, -0.05) is 24.3 Å². The first-order chi connectivity index (χ1) is 13.1. The Morgan fingerprint density at radius 3 is 2.52 bits per heavy atom. The van der Waals surface area contributed by atoms with Crippen molar-refractivity contribution in [1.29, 1.82) is 0 Å². The predicted octanol–water partition coefficient (Wildman–Crippen LogP) is 2.82. The van der Waals surface area contributed by atoms with E-state index < -0.39 is 0 Å². The van der Waals surface area contributed by atoms with Crippen molar-refractivity contribution in [1.82, 2.24) is 20.2 Å². The van der Waals surface area contributed by atoms with Gasteiger partial charge in [0.2, 0.25) is 0 Å². The molecule has 134 valence electrons. The van der Waals surface area contributed by atoms with Crippen molar-refractivity contribution in [3.63, 3.8) is 0 Å². The molecule has 2 aromatic heterocycles. The lowest BCUT2D eigenvalue weighted by Crippen LogP contribution is -2.15. The number of hydrogen-bond donors (Lipinski definition) is 4. The number of nitrogen functional groups attached to an aromatic ring is 2. The fourth-order valence-corrected chi connectivity index (χ4v) is 2.64. The summed E-state index contributed by atoms with van der Waals surface area (Å²) in [4.78, 5) is 19.5. The zero-order valence-corrected chi connectivity index (χ0v) is 14.2. The van der Waals surface area contributed by atoms with Gasteiger partial charge in [-0.05, 0) is 29.8 Å². The number of para-hydroxylation sites is 2. The summed E-state index contributed by atoms with van der Waals surface area (Å²) in [7, 11) is 0. The predicted molar refractivity (Wildman–Crippen MR) is 103 cm³/mol. The van der Waals surface area contributed by atoms with Gasteiger partial charge in [0, 0.05) is 6.42 Å². The fourth-order valence-electron chi connectivity index (χ4n) is 2.64. The molecule has 0 aliphatic rings. The molecule has 9 nitrogen and oxygen atoms in total. The molecule has 9 heteroatoms. The van der Waals surface area contributed by atoms with Gasteiger partial charge < -0.3 is 16.5 Å². The molecule has 4 aromatic rings. The van der Waals surface area contributed by atoms with Crippen LogP contribution in [-0.4, -0.2) is 20.2 Å². The van der Waals surface area contributed by atoms with E-state index in [0.717, 1.165) is 16.6 Å². The Balaban J connectivity index is 1.55. The van der Waals surface area contributed by atoms with Crippen molar-refractivity contribution in [2.24, 2.45) is 10.2 Å². The van der Waals surface area contributed by atoms with Crippen LogP contribution in [-0.2, 0) is 6.42 Å². The normalized spacial score (nSPS) is 11.4. The number of nitrogens with two attached hydrogens (primary N) is 2. The molecule has 6 N–H and O–H groups in total. The topological polar surface area (TPSA) is 151 Å². The number of hydrogen-bond acceptors (Lipinski definition) is 7. The third kappa shape index (κ3) is 3.38. The zero-order chi connectivity index (χ0) is 18.8. The summed E-state index contributed by atoms with van der Waals surface area (Å²) in [5.74, 6) is 0.448. The third-order valence-corrected chi connectivity index (χ3v) is 4.04. The molecule has 0 saturated heterocycles. The summed E-state index contributed by atoms with van der Waals surface area (Å²) in [6, 6.07) is 14.8. The van der Waals surface area contributed by atoms with Crippen molar-refractivity contribution in [2.75, 3.05) is 11.5 Å². The molecule has 0 atom stereocenters. The first kappa shape index (κ1) is 16.5. The van der Waals surface area contributed by atoms with Crippen LogP contribution in [0.5, 0.6) is 0 Å². The first-order valence-electron chi connectivity index (χ1n) is 8.18. The molecule has 2 aromatic carbocycles. The van der Waals surface area contributed by atoms with Crippen molar-refractivity contribution in [3.05, 3.63) is 70.1 Å². The minimum atomic E-state index is -0.191. The van der Waals surface area contributed by atoms with Gasteiger partial charge in [-0.3, -0.25) is 9.89 Å². The average molecular weight is 360 g/mol. The Bertz CT molecular complexity index is 1170. The SMILES string of the molecule is Nc1n[nH]c(N)c1/N=N/c1ccc(Cc2nc3ccccc3[nH]c2=O)cc1. The summed E-state index contributed by atoms with van der Waals surface area (Å²) in [6.07, 6.45) is 0.416. The minimum absolute atomic E-state index is 0.189. The molecule has 2 heterocycles. The summed E-state index contributed by atoms with van der Waals surface area (Å²) < 4.78 is 0. The number of nitrogens with zero attached hydrogens (tertiary/aromatic N) is 4.